The maximum atomic E-state index is 10.7. The average molecular weight is 292 g/mol. The average Bonchev–Trinajstić information content (AvgIpc) is 2.42. The Bertz CT molecular complexity index is 230. The van der Waals surface area contributed by atoms with Gasteiger partial charge in [0.2, 0.25) is 0 Å². The van der Waals surface area contributed by atoms with Gasteiger partial charge in [-0.1, -0.05) is 26.7 Å². The van der Waals surface area contributed by atoms with Crippen molar-refractivity contribution >= 4 is 11.9 Å². The van der Waals surface area contributed by atoms with Crippen LogP contribution in [0.3, 0.4) is 0 Å². The topological polar surface area (TPSA) is 82.1 Å². The molecule has 1 N–H and O–H groups in total. The number of carbonyl (C=O) groups excluding carboxylic acids is 1. The molecular weight excluding hydrogens is 264 g/mol. The van der Waals surface area contributed by atoms with Crippen molar-refractivity contribution in [2.45, 2.75) is 46.5 Å². The van der Waals surface area contributed by atoms with Gasteiger partial charge in [0.25, 0.3) is 0 Å². The molecule has 0 unspecified atom stereocenters. The Morgan fingerprint density at radius 2 is 1.50 bits per heavy atom. The lowest BCUT2D eigenvalue weighted by Gasteiger charge is -2.02. The fourth-order valence-electron chi connectivity index (χ4n) is 0.963. The summed E-state index contributed by atoms with van der Waals surface area (Å²) in [6, 6.07) is 0. The molecule has 6 nitrogen and oxygen atoms in total. The highest BCUT2D eigenvalue weighted by Gasteiger charge is 1.99. The Labute approximate surface area is 121 Å². The van der Waals surface area contributed by atoms with Crippen LogP contribution in [-0.2, 0) is 23.8 Å². The number of ether oxygens (including phenoxy) is 3. The molecule has 0 aliphatic carbocycles. The molecule has 0 saturated carbocycles. The summed E-state index contributed by atoms with van der Waals surface area (Å²) in [4.78, 5) is 20.6. The summed E-state index contributed by atoms with van der Waals surface area (Å²) in [5.74, 6) is -1.16. The Kier molecular flexibility index (Phi) is 18.9. The molecule has 0 rings (SSSR count). The number of carbonyl (C=O) groups is 2. The summed E-state index contributed by atoms with van der Waals surface area (Å²) in [5, 5.41) is 8.09. The van der Waals surface area contributed by atoms with Crippen molar-refractivity contribution in [1.29, 1.82) is 0 Å². The highest BCUT2D eigenvalue weighted by Crippen LogP contribution is 1.89. The van der Waals surface area contributed by atoms with E-state index in [-0.39, 0.29) is 19.2 Å². The second-order valence-corrected chi connectivity index (χ2v) is 4.01. The van der Waals surface area contributed by atoms with Crippen molar-refractivity contribution < 1.29 is 28.9 Å². The van der Waals surface area contributed by atoms with Crippen LogP contribution < -0.4 is 0 Å². The minimum Gasteiger partial charge on any atom is -0.480 e. The lowest BCUT2D eigenvalue weighted by molar-refractivity contribution is -0.149. The fourth-order valence-corrected chi connectivity index (χ4v) is 0.963. The Balaban J connectivity index is 0. The van der Waals surface area contributed by atoms with Gasteiger partial charge in [-0.3, -0.25) is 0 Å². The smallest absolute Gasteiger partial charge is 0.332 e. The van der Waals surface area contributed by atoms with Gasteiger partial charge in [-0.05, 0) is 19.8 Å². The molecule has 120 valence electrons. The number of esters is 1. The third-order valence-electron chi connectivity index (χ3n) is 2.05. The van der Waals surface area contributed by atoms with Gasteiger partial charge < -0.3 is 19.3 Å². The van der Waals surface area contributed by atoms with Gasteiger partial charge in [-0.15, -0.1) is 0 Å². The van der Waals surface area contributed by atoms with Gasteiger partial charge in [0.1, 0.15) is 13.2 Å². The SMILES string of the molecule is CCCCOC(=O)COCC.CCCCOCC(=O)O. The molecule has 0 aromatic carbocycles. The monoisotopic (exact) mass is 292 g/mol. The molecule has 0 fully saturated rings. The summed E-state index contributed by atoms with van der Waals surface area (Å²) in [6.45, 7) is 7.48. The molecule has 0 aromatic rings. The minimum absolute atomic E-state index is 0.0835. The predicted octanol–water partition coefficient (Wildman–Crippen LogP) is 2.25. The maximum Gasteiger partial charge on any atom is 0.332 e. The lowest BCUT2D eigenvalue weighted by Crippen LogP contribution is -2.13. The standard InChI is InChI=1S/C8H16O3.C6H12O3/c1-3-5-6-11-8(9)7-10-4-2;1-2-3-4-9-5-6(7)8/h3-7H2,1-2H3;2-5H2,1H3,(H,7,8). The number of carboxylic acids is 1. The summed E-state index contributed by atoms with van der Waals surface area (Å²) in [6.07, 6.45) is 3.95. The molecule has 20 heavy (non-hydrogen) atoms. The van der Waals surface area contributed by atoms with E-state index < -0.39 is 5.97 Å². The third-order valence-corrected chi connectivity index (χ3v) is 2.05. The van der Waals surface area contributed by atoms with E-state index >= 15 is 0 Å². The van der Waals surface area contributed by atoms with Crippen LogP contribution in [0.25, 0.3) is 0 Å². The molecule has 0 radical (unpaired) electrons. The van der Waals surface area contributed by atoms with Gasteiger partial charge in [-0.25, -0.2) is 9.59 Å². The van der Waals surface area contributed by atoms with Crippen molar-refractivity contribution in [3.05, 3.63) is 0 Å². The summed E-state index contributed by atoms with van der Waals surface area (Å²) in [7, 11) is 0. The molecule has 0 bridgehead atoms. The molecule has 0 amide bonds. The lowest BCUT2D eigenvalue weighted by atomic mass is 10.4. The van der Waals surface area contributed by atoms with E-state index in [1.165, 1.54) is 0 Å². The van der Waals surface area contributed by atoms with E-state index in [4.69, 9.17) is 19.3 Å². The van der Waals surface area contributed by atoms with E-state index in [0.29, 0.717) is 19.8 Å². The Morgan fingerprint density at radius 3 is 2.00 bits per heavy atom. The highest BCUT2D eigenvalue weighted by molar-refractivity contribution is 5.70. The second-order valence-electron chi connectivity index (χ2n) is 4.01. The van der Waals surface area contributed by atoms with E-state index in [2.05, 4.69) is 6.92 Å². The van der Waals surface area contributed by atoms with Crippen LogP contribution in [0.2, 0.25) is 0 Å². The summed E-state index contributed by atoms with van der Waals surface area (Å²) >= 11 is 0. The van der Waals surface area contributed by atoms with Crippen LogP contribution in [-0.4, -0.2) is 50.1 Å². The second kappa shape index (κ2) is 17.9. The van der Waals surface area contributed by atoms with Crippen LogP contribution in [0, 0.1) is 0 Å². The number of hydrogen-bond donors (Lipinski definition) is 1. The first-order valence-electron chi connectivity index (χ1n) is 7.11. The number of rotatable bonds is 11. The van der Waals surface area contributed by atoms with Gasteiger partial charge in [-0.2, -0.15) is 0 Å². The van der Waals surface area contributed by atoms with Crippen molar-refractivity contribution in [1.82, 2.24) is 0 Å². The van der Waals surface area contributed by atoms with Gasteiger partial charge in [0, 0.05) is 13.2 Å². The number of carboxylic acid groups (broad SMARTS) is 1. The van der Waals surface area contributed by atoms with Crippen molar-refractivity contribution in [2.24, 2.45) is 0 Å². The molecule has 0 aliphatic rings. The highest BCUT2D eigenvalue weighted by atomic mass is 16.6. The van der Waals surface area contributed by atoms with Crippen molar-refractivity contribution in [3.63, 3.8) is 0 Å². The first-order valence-corrected chi connectivity index (χ1v) is 7.11. The zero-order valence-electron chi connectivity index (χ0n) is 12.9. The van der Waals surface area contributed by atoms with E-state index in [9.17, 15) is 9.59 Å². The third kappa shape index (κ3) is 22.1. The normalized spacial score (nSPS) is 9.55. The van der Waals surface area contributed by atoms with E-state index in [1.807, 2.05) is 13.8 Å². The van der Waals surface area contributed by atoms with Crippen LogP contribution in [0.4, 0.5) is 0 Å². The maximum absolute atomic E-state index is 10.7. The van der Waals surface area contributed by atoms with Crippen molar-refractivity contribution in [2.75, 3.05) is 33.0 Å². The molecule has 0 saturated heterocycles. The fraction of sp³-hybridized carbons (Fsp3) is 0.857. The van der Waals surface area contributed by atoms with Crippen LogP contribution in [0.15, 0.2) is 0 Å². The van der Waals surface area contributed by atoms with E-state index in [0.717, 1.165) is 25.7 Å². The molecule has 6 heteroatoms. The first-order chi connectivity index (χ1) is 9.58. The zero-order valence-corrected chi connectivity index (χ0v) is 12.9. The van der Waals surface area contributed by atoms with Crippen LogP contribution >= 0.6 is 0 Å². The predicted molar refractivity (Wildman–Crippen MR) is 75.7 cm³/mol. The zero-order chi connectivity index (χ0) is 15.6. The van der Waals surface area contributed by atoms with Crippen LogP contribution in [0.1, 0.15) is 46.5 Å². The Morgan fingerprint density at radius 1 is 0.900 bits per heavy atom. The van der Waals surface area contributed by atoms with E-state index in [1.54, 1.807) is 0 Å². The molecular formula is C14H28O6. The molecule has 0 atom stereocenters. The number of hydrogen-bond acceptors (Lipinski definition) is 5. The molecule has 0 aliphatic heterocycles. The van der Waals surface area contributed by atoms with Gasteiger partial charge in [0.05, 0.1) is 6.61 Å². The van der Waals surface area contributed by atoms with Gasteiger partial charge >= 0.3 is 11.9 Å². The van der Waals surface area contributed by atoms with Crippen molar-refractivity contribution in [3.8, 4) is 0 Å². The summed E-state index contributed by atoms with van der Waals surface area (Å²) in [5.41, 5.74) is 0. The summed E-state index contributed by atoms with van der Waals surface area (Å²) < 4.78 is 14.4. The molecule has 0 aromatic heterocycles. The van der Waals surface area contributed by atoms with Gasteiger partial charge in [0.15, 0.2) is 0 Å². The number of unbranched alkanes of at least 4 members (excludes halogenated alkanes) is 2. The molecule has 0 heterocycles. The number of aliphatic carboxylic acids is 1. The molecule has 0 spiro atoms. The quantitative estimate of drug-likeness (QED) is 0.464. The minimum atomic E-state index is -0.897. The van der Waals surface area contributed by atoms with Crippen LogP contribution in [0.5, 0.6) is 0 Å². The Hall–Kier alpha value is -1.14. The first kappa shape index (κ1) is 21.2. The largest absolute Gasteiger partial charge is 0.480 e.